The fourth-order valence-electron chi connectivity index (χ4n) is 2.62. The van der Waals surface area contributed by atoms with E-state index in [0.29, 0.717) is 16.7 Å². The summed E-state index contributed by atoms with van der Waals surface area (Å²) < 4.78 is 27.8. The van der Waals surface area contributed by atoms with Crippen LogP contribution in [0.4, 0.5) is 0 Å². The third-order valence-electron chi connectivity index (χ3n) is 3.76. The van der Waals surface area contributed by atoms with E-state index in [9.17, 15) is 8.42 Å². The topological polar surface area (TPSA) is 72.2 Å². The predicted octanol–water partition coefficient (Wildman–Crippen LogP) is 2.10. The molecule has 0 spiro atoms. The van der Waals surface area contributed by atoms with Crippen LogP contribution in [0.15, 0.2) is 29.2 Å². The monoisotopic (exact) mass is 314 g/mol. The molecule has 1 saturated carbocycles. The van der Waals surface area contributed by atoms with Crippen molar-refractivity contribution in [3.05, 3.63) is 29.8 Å². The fourth-order valence-corrected chi connectivity index (χ4v) is 5.02. The van der Waals surface area contributed by atoms with Crippen LogP contribution >= 0.6 is 11.8 Å². The minimum atomic E-state index is -3.45. The van der Waals surface area contributed by atoms with E-state index < -0.39 is 10.0 Å². The van der Waals surface area contributed by atoms with Gasteiger partial charge in [0.2, 0.25) is 10.0 Å². The molecule has 2 rings (SSSR count). The van der Waals surface area contributed by atoms with E-state index in [1.165, 1.54) is 6.42 Å². The van der Waals surface area contributed by atoms with Crippen LogP contribution in [0.1, 0.15) is 31.2 Å². The minimum absolute atomic E-state index is 0.0327. The van der Waals surface area contributed by atoms with E-state index in [2.05, 4.69) is 4.72 Å². The minimum Gasteiger partial charge on any atom is -0.326 e. The van der Waals surface area contributed by atoms with Gasteiger partial charge in [0.15, 0.2) is 0 Å². The highest BCUT2D eigenvalue weighted by molar-refractivity contribution is 7.99. The Bertz CT molecular complexity index is 546. The third-order valence-corrected chi connectivity index (χ3v) is 6.41. The second kappa shape index (κ2) is 6.93. The van der Waals surface area contributed by atoms with Crippen molar-refractivity contribution in [3.8, 4) is 0 Å². The molecule has 0 aliphatic heterocycles. The van der Waals surface area contributed by atoms with E-state index in [1.54, 1.807) is 30.0 Å². The maximum atomic E-state index is 12.5. The summed E-state index contributed by atoms with van der Waals surface area (Å²) in [5.74, 6) is 0. The van der Waals surface area contributed by atoms with Gasteiger partial charge in [-0.3, -0.25) is 0 Å². The van der Waals surface area contributed by atoms with E-state index in [-0.39, 0.29) is 6.04 Å². The molecule has 0 amide bonds. The lowest BCUT2D eigenvalue weighted by Gasteiger charge is -2.30. The van der Waals surface area contributed by atoms with Gasteiger partial charge in [-0.15, -0.1) is 0 Å². The molecule has 20 heavy (non-hydrogen) atoms. The number of benzene rings is 1. The van der Waals surface area contributed by atoms with Crippen molar-refractivity contribution < 1.29 is 8.42 Å². The zero-order valence-corrected chi connectivity index (χ0v) is 13.3. The van der Waals surface area contributed by atoms with Crippen LogP contribution in [0.25, 0.3) is 0 Å². The normalized spacial score (nSPS) is 23.7. The van der Waals surface area contributed by atoms with Gasteiger partial charge in [0, 0.05) is 17.8 Å². The van der Waals surface area contributed by atoms with Gasteiger partial charge in [-0.1, -0.05) is 25.0 Å². The van der Waals surface area contributed by atoms with Gasteiger partial charge in [-0.25, -0.2) is 13.1 Å². The quantitative estimate of drug-likeness (QED) is 0.873. The Balaban J connectivity index is 2.17. The first kappa shape index (κ1) is 15.8. The molecule has 6 heteroatoms. The van der Waals surface area contributed by atoms with Gasteiger partial charge >= 0.3 is 0 Å². The fraction of sp³-hybridized carbons (Fsp3) is 0.571. The first-order valence-electron chi connectivity index (χ1n) is 6.91. The van der Waals surface area contributed by atoms with Gasteiger partial charge in [0.25, 0.3) is 0 Å². The summed E-state index contributed by atoms with van der Waals surface area (Å²) in [6, 6.07) is 6.89. The van der Waals surface area contributed by atoms with Crippen molar-refractivity contribution in [1.82, 2.24) is 4.72 Å². The summed E-state index contributed by atoms with van der Waals surface area (Å²) in [6.07, 6.45) is 6.32. The molecule has 2 unspecified atom stereocenters. The highest BCUT2D eigenvalue weighted by Crippen LogP contribution is 2.28. The highest BCUT2D eigenvalue weighted by atomic mass is 32.2. The lowest BCUT2D eigenvalue weighted by molar-refractivity contribution is 0.423. The van der Waals surface area contributed by atoms with Crippen LogP contribution in [0, 0.1) is 0 Å². The second-order valence-corrected chi connectivity index (χ2v) is 7.93. The average Bonchev–Trinajstić information content (AvgIpc) is 2.47. The van der Waals surface area contributed by atoms with Crippen LogP contribution in [-0.2, 0) is 16.6 Å². The molecule has 1 fully saturated rings. The second-order valence-electron chi connectivity index (χ2n) is 5.14. The summed E-state index contributed by atoms with van der Waals surface area (Å²) in [4.78, 5) is 0.311. The molecule has 2 atom stereocenters. The van der Waals surface area contributed by atoms with Crippen molar-refractivity contribution in [1.29, 1.82) is 0 Å². The Labute approximate surface area is 125 Å². The largest absolute Gasteiger partial charge is 0.326 e. The van der Waals surface area contributed by atoms with Crippen molar-refractivity contribution >= 4 is 21.8 Å². The number of hydrogen-bond donors (Lipinski definition) is 2. The van der Waals surface area contributed by atoms with Crippen LogP contribution in [0.5, 0.6) is 0 Å². The van der Waals surface area contributed by atoms with E-state index in [4.69, 9.17) is 5.73 Å². The molecule has 0 saturated heterocycles. The third kappa shape index (κ3) is 3.75. The molecule has 1 aliphatic rings. The summed E-state index contributed by atoms with van der Waals surface area (Å²) in [7, 11) is -3.45. The van der Waals surface area contributed by atoms with Gasteiger partial charge in [-0.2, -0.15) is 11.8 Å². The Morgan fingerprint density at radius 1 is 1.35 bits per heavy atom. The van der Waals surface area contributed by atoms with Gasteiger partial charge in [0.1, 0.15) is 0 Å². The molecule has 0 heterocycles. The first-order valence-corrected chi connectivity index (χ1v) is 9.68. The molecule has 112 valence electrons. The van der Waals surface area contributed by atoms with Crippen LogP contribution < -0.4 is 10.5 Å². The lowest BCUT2D eigenvalue weighted by Crippen LogP contribution is -2.43. The van der Waals surface area contributed by atoms with Crippen LogP contribution in [0.2, 0.25) is 0 Å². The highest BCUT2D eigenvalue weighted by Gasteiger charge is 2.28. The number of thioether (sulfide) groups is 1. The average molecular weight is 314 g/mol. The van der Waals surface area contributed by atoms with E-state index in [0.717, 1.165) is 24.8 Å². The van der Waals surface area contributed by atoms with E-state index in [1.807, 2.05) is 12.3 Å². The summed E-state index contributed by atoms with van der Waals surface area (Å²) in [5.41, 5.74) is 6.40. The maximum Gasteiger partial charge on any atom is 0.240 e. The number of nitrogens with one attached hydrogen (secondary N) is 1. The predicted molar refractivity (Wildman–Crippen MR) is 84.2 cm³/mol. The number of sulfonamides is 1. The van der Waals surface area contributed by atoms with Gasteiger partial charge < -0.3 is 5.73 Å². The van der Waals surface area contributed by atoms with Crippen LogP contribution in [0.3, 0.4) is 0 Å². The zero-order valence-electron chi connectivity index (χ0n) is 11.7. The summed E-state index contributed by atoms with van der Waals surface area (Å²) >= 11 is 1.75. The molecule has 3 N–H and O–H groups in total. The Hall–Kier alpha value is -0.560. The first-order chi connectivity index (χ1) is 9.56. The smallest absolute Gasteiger partial charge is 0.240 e. The molecule has 1 aromatic rings. The molecule has 0 aromatic heterocycles. The molecule has 0 bridgehead atoms. The zero-order chi connectivity index (χ0) is 14.6. The Morgan fingerprint density at radius 3 is 2.80 bits per heavy atom. The molecule has 1 aliphatic carbocycles. The van der Waals surface area contributed by atoms with E-state index >= 15 is 0 Å². The molecule has 1 aromatic carbocycles. The standard InChI is InChI=1S/C14H22N2O2S2/c1-19-14-8-3-2-7-13(14)16-20(17,18)12-6-4-5-11(9-12)10-15/h4-6,9,13-14,16H,2-3,7-8,10,15H2,1H3. The maximum absolute atomic E-state index is 12.5. The number of rotatable bonds is 5. The van der Waals surface area contributed by atoms with Gasteiger partial charge in [0.05, 0.1) is 4.90 Å². The van der Waals surface area contributed by atoms with Gasteiger partial charge in [-0.05, 0) is 36.8 Å². The number of hydrogen-bond acceptors (Lipinski definition) is 4. The molecule has 4 nitrogen and oxygen atoms in total. The number of nitrogens with two attached hydrogens (primary N) is 1. The van der Waals surface area contributed by atoms with Crippen molar-refractivity contribution in [2.75, 3.05) is 6.26 Å². The van der Waals surface area contributed by atoms with Crippen LogP contribution in [-0.4, -0.2) is 26.0 Å². The SMILES string of the molecule is CSC1CCCCC1NS(=O)(=O)c1cccc(CN)c1. The Morgan fingerprint density at radius 2 is 2.10 bits per heavy atom. The molecular weight excluding hydrogens is 292 g/mol. The molecular formula is C14H22N2O2S2. The Kier molecular flexibility index (Phi) is 5.49. The molecule has 0 radical (unpaired) electrons. The summed E-state index contributed by atoms with van der Waals surface area (Å²) in [6.45, 7) is 0.347. The van der Waals surface area contributed by atoms with Crippen molar-refractivity contribution in [2.24, 2.45) is 5.73 Å². The lowest BCUT2D eigenvalue weighted by atomic mass is 9.96. The van der Waals surface area contributed by atoms with Crippen molar-refractivity contribution in [3.63, 3.8) is 0 Å². The summed E-state index contributed by atoms with van der Waals surface area (Å²) in [5, 5.41) is 0.371. The van der Waals surface area contributed by atoms with Crippen molar-refractivity contribution in [2.45, 2.75) is 48.4 Å².